The van der Waals surface area contributed by atoms with E-state index in [0.717, 1.165) is 25.9 Å². The van der Waals surface area contributed by atoms with Gasteiger partial charge in [-0.1, -0.05) is 10.2 Å². The highest BCUT2D eigenvalue weighted by molar-refractivity contribution is 4.51. The lowest BCUT2D eigenvalue weighted by Crippen LogP contribution is -2.22. The topological polar surface area (TPSA) is 128 Å². The maximum atomic E-state index is 8.07. The van der Waals surface area contributed by atoms with Gasteiger partial charge >= 0.3 is 0 Å². The summed E-state index contributed by atoms with van der Waals surface area (Å²) in [4.78, 5) is 5.30. The molecule has 0 saturated carbocycles. The van der Waals surface area contributed by atoms with Crippen LogP contribution in [0, 0.1) is 0 Å². The molecule has 9 nitrogen and oxygen atoms in total. The van der Waals surface area contributed by atoms with Crippen LogP contribution in [0.4, 0.5) is 0 Å². The van der Waals surface area contributed by atoms with Crippen molar-refractivity contribution in [3.05, 3.63) is 20.9 Å². The highest BCUT2D eigenvalue weighted by Gasteiger charge is 1.91. The molecule has 19 heavy (non-hydrogen) atoms. The van der Waals surface area contributed by atoms with E-state index in [1.54, 1.807) is 0 Å². The van der Waals surface area contributed by atoms with Gasteiger partial charge in [-0.3, -0.25) is 0 Å². The Hall–Kier alpha value is -1.50. The van der Waals surface area contributed by atoms with E-state index in [1.807, 2.05) is 0 Å². The average Bonchev–Trinajstić information content (AvgIpc) is 2.43. The van der Waals surface area contributed by atoms with Gasteiger partial charge < -0.3 is 14.8 Å². The van der Waals surface area contributed by atoms with Crippen molar-refractivity contribution >= 4 is 0 Å². The molecule has 0 unspecified atom stereocenters. The minimum atomic E-state index is 0.355. The number of ether oxygens (including phenoxy) is 2. The summed E-state index contributed by atoms with van der Waals surface area (Å²) in [6.45, 7) is 4.71. The molecule has 0 aromatic heterocycles. The average molecular weight is 271 g/mol. The second kappa shape index (κ2) is 16.5. The number of nitrogens with one attached hydrogen (secondary N) is 1. The van der Waals surface area contributed by atoms with Crippen molar-refractivity contribution in [2.45, 2.75) is 12.8 Å². The standard InChI is InChI=1S/C10H21N7O2/c11-16-14-4-2-1-3-13-5-7-18-9-10-19-8-6-15-17-12/h13H,1-10H2. The molecule has 0 aliphatic heterocycles. The quantitative estimate of drug-likeness (QED) is 0.224. The van der Waals surface area contributed by atoms with Crippen LogP contribution < -0.4 is 5.32 Å². The number of nitrogens with zero attached hydrogens (tertiary/aromatic N) is 6. The molecule has 0 aliphatic carbocycles. The molecule has 0 saturated heterocycles. The van der Waals surface area contributed by atoms with Crippen molar-refractivity contribution in [3.63, 3.8) is 0 Å². The van der Waals surface area contributed by atoms with Crippen LogP contribution in [0.5, 0.6) is 0 Å². The SMILES string of the molecule is [N-]=[N+]=NCCCCNCCOCCOCCN=[N+]=[N-]. The predicted molar refractivity (Wildman–Crippen MR) is 71.8 cm³/mol. The van der Waals surface area contributed by atoms with Crippen LogP contribution in [0.25, 0.3) is 20.9 Å². The monoisotopic (exact) mass is 271 g/mol. The summed E-state index contributed by atoms with van der Waals surface area (Å²) in [5.41, 5.74) is 16.1. The molecule has 0 spiro atoms. The zero-order valence-corrected chi connectivity index (χ0v) is 11.1. The fourth-order valence-electron chi connectivity index (χ4n) is 1.22. The molecule has 9 heteroatoms. The molecule has 0 aromatic rings. The maximum absolute atomic E-state index is 8.07. The van der Waals surface area contributed by atoms with Gasteiger partial charge in [0.1, 0.15) is 0 Å². The molecule has 0 aromatic carbocycles. The third kappa shape index (κ3) is 16.5. The van der Waals surface area contributed by atoms with E-state index < -0.39 is 0 Å². The summed E-state index contributed by atoms with van der Waals surface area (Å²) in [6, 6.07) is 0. The first-order valence-corrected chi connectivity index (χ1v) is 6.29. The van der Waals surface area contributed by atoms with E-state index in [4.69, 9.17) is 20.5 Å². The van der Waals surface area contributed by atoms with Gasteiger partial charge in [0, 0.05) is 29.5 Å². The Morgan fingerprint density at radius 3 is 2.21 bits per heavy atom. The van der Waals surface area contributed by atoms with Crippen molar-refractivity contribution in [3.8, 4) is 0 Å². The number of unbranched alkanes of at least 4 members (excludes halogenated alkanes) is 1. The lowest BCUT2D eigenvalue weighted by atomic mass is 10.3. The third-order valence-electron chi connectivity index (χ3n) is 2.12. The fraction of sp³-hybridized carbons (Fsp3) is 1.00. The normalized spacial score (nSPS) is 9.68. The van der Waals surface area contributed by atoms with Crippen LogP contribution in [0.2, 0.25) is 0 Å². The zero-order valence-electron chi connectivity index (χ0n) is 11.1. The minimum Gasteiger partial charge on any atom is -0.379 e. The van der Waals surface area contributed by atoms with Gasteiger partial charge in [-0.2, -0.15) is 0 Å². The summed E-state index contributed by atoms with van der Waals surface area (Å²) >= 11 is 0. The Morgan fingerprint density at radius 1 is 0.789 bits per heavy atom. The summed E-state index contributed by atoms with van der Waals surface area (Å²) in [5.74, 6) is 0. The van der Waals surface area contributed by atoms with Crippen LogP contribution >= 0.6 is 0 Å². The summed E-state index contributed by atoms with van der Waals surface area (Å²) in [6.07, 6.45) is 1.89. The maximum Gasteiger partial charge on any atom is 0.0701 e. The second-order valence-corrected chi connectivity index (χ2v) is 3.59. The minimum absolute atomic E-state index is 0.355. The number of hydrogen-bond acceptors (Lipinski definition) is 5. The predicted octanol–water partition coefficient (Wildman–Crippen LogP) is 2.01. The molecule has 1 N–H and O–H groups in total. The molecule has 108 valence electrons. The van der Waals surface area contributed by atoms with Gasteiger partial charge in [-0.15, -0.1) is 0 Å². The van der Waals surface area contributed by atoms with Crippen molar-refractivity contribution < 1.29 is 9.47 Å². The first kappa shape index (κ1) is 17.5. The van der Waals surface area contributed by atoms with E-state index in [2.05, 4.69) is 25.4 Å². The summed E-state index contributed by atoms with van der Waals surface area (Å²) in [7, 11) is 0. The Bertz CT molecular complexity index is 260. The molecule has 0 atom stereocenters. The van der Waals surface area contributed by atoms with E-state index in [9.17, 15) is 0 Å². The summed E-state index contributed by atoms with van der Waals surface area (Å²) in [5, 5.41) is 10.0. The Kier molecular flexibility index (Phi) is 15.2. The Morgan fingerprint density at radius 2 is 1.47 bits per heavy atom. The Labute approximate surface area is 112 Å². The van der Waals surface area contributed by atoms with Gasteiger partial charge in [-0.25, -0.2) is 0 Å². The van der Waals surface area contributed by atoms with Crippen LogP contribution in [-0.2, 0) is 9.47 Å². The number of rotatable bonds is 14. The van der Waals surface area contributed by atoms with Crippen LogP contribution in [0.15, 0.2) is 10.2 Å². The van der Waals surface area contributed by atoms with Crippen LogP contribution in [0.3, 0.4) is 0 Å². The molecule has 0 radical (unpaired) electrons. The van der Waals surface area contributed by atoms with Gasteiger partial charge in [0.25, 0.3) is 0 Å². The highest BCUT2D eigenvalue weighted by Crippen LogP contribution is 1.87. The highest BCUT2D eigenvalue weighted by atomic mass is 16.5. The van der Waals surface area contributed by atoms with E-state index in [-0.39, 0.29) is 0 Å². The van der Waals surface area contributed by atoms with Crippen molar-refractivity contribution in [2.24, 2.45) is 10.2 Å². The molecular weight excluding hydrogens is 250 g/mol. The largest absolute Gasteiger partial charge is 0.379 e. The fourth-order valence-corrected chi connectivity index (χ4v) is 1.22. The van der Waals surface area contributed by atoms with Gasteiger partial charge in [0.05, 0.1) is 26.4 Å². The van der Waals surface area contributed by atoms with Crippen LogP contribution in [0.1, 0.15) is 12.8 Å². The molecule has 0 bridgehead atoms. The zero-order chi connectivity index (χ0) is 14.0. The van der Waals surface area contributed by atoms with E-state index in [1.165, 1.54) is 0 Å². The Balaban J connectivity index is 2.98. The molecule has 0 amide bonds. The molecular formula is C10H21N7O2. The van der Waals surface area contributed by atoms with E-state index in [0.29, 0.717) is 39.5 Å². The first-order valence-electron chi connectivity index (χ1n) is 6.29. The van der Waals surface area contributed by atoms with Crippen molar-refractivity contribution in [1.82, 2.24) is 5.32 Å². The van der Waals surface area contributed by atoms with E-state index >= 15 is 0 Å². The second-order valence-electron chi connectivity index (χ2n) is 3.59. The van der Waals surface area contributed by atoms with Gasteiger partial charge in [0.15, 0.2) is 0 Å². The number of azide groups is 2. The first-order chi connectivity index (χ1) is 9.41. The molecule has 0 heterocycles. The third-order valence-corrected chi connectivity index (χ3v) is 2.12. The molecule has 0 aliphatic rings. The molecule has 0 fully saturated rings. The van der Waals surface area contributed by atoms with Gasteiger partial charge in [-0.05, 0) is 30.4 Å². The van der Waals surface area contributed by atoms with Crippen molar-refractivity contribution in [1.29, 1.82) is 0 Å². The smallest absolute Gasteiger partial charge is 0.0701 e. The number of hydrogen-bond donors (Lipinski definition) is 1. The van der Waals surface area contributed by atoms with Crippen molar-refractivity contribution in [2.75, 3.05) is 52.6 Å². The lowest BCUT2D eigenvalue weighted by molar-refractivity contribution is 0.0519. The lowest BCUT2D eigenvalue weighted by Gasteiger charge is -2.06. The van der Waals surface area contributed by atoms with Crippen LogP contribution in [-0.4, -0.2) is 52.6 Å². The molecule has 0 rings (SSSR count). The summed E-state index contributed by atoms with van der Waals surface area (Å²) < 4.78 is 10.5. The van der Waals surface area contributed by atoms with Gasteiger partial charge in [0.2, 0.25) is 0 Å².